The molecule has 52 valence electrons. The fourth-order valence-electron chi connectivity index (χ4n) is 1.11. The number of allylic oxidation sites excluding steroid dienone is 1. The Balaban J connectivity index is 2.39. The van der Waals surface area contributed by atoms with E-state index in [0.29, 0.717) is 6.04 Å². The molecule has 0 aromatic carbocycles. The first-order valence-electron chi connectivity index (χ1n) is 3.34. The minimum Gasteiger partial charge on any atom is -0.317 e. The molecule has 0 aromatic heterocycles. The lowest BCUT2D eigenvalue weighted by molar-refractivity contribution is 0.514. The lowest BCUT2D eigenvalue weighted by Crippen LogP contribution is -2.26. The summed E-state index contributed by atoms with van der Waals surface area (Å²) in [7, 11) is 2.02. The molecule has 1 aliphatic rings. The summed E-state index contributed by atoms with van der Waals surface area (Å²) in [5.41, 5.74) is 0. The number of nitrogens with one attached hydrogen (secondary N) is 1. The van der Waals surface area contributed by atoms with Crippen LogP contribution in [0.25, 0.3) is 0 Å². The van der Waals surface area contributed by atoms with Crippen molar-refractivity contribution < 1.29 is 0 Å². The third-order valence-corrected chi connectivity index (χ3v) is 2.38. The summed E-state index contributed by atoms with van der Waals surface area (Å²) >= 11 is 3.49. The minimum absolute atomic E-state index is 0.698. The van der Waals surface area contributed by atoms with E-state index >= 15 is 0 Å². The molecule has 1 nitrogen and oxygen atoms in total. The second-order valence-corrected chi connectivity index (χ2v) is 3.44. The van der Waals surface area contributed by atoms with Crippen molar-refractivity contribution in [3.8, 4) is 0 Å². The fraction of sp³-hybridized carbons (Fsp3) is 0.714. The van der Waals surface area contributed by atoms with Gasteiger partial charge in [-0.1, -0.05) is 22.0 Å². The van der Waals surface area contributed by atoms with Gasteiger partial charge in [-0.2, -0.15) is 0 Å². The van der Waals surface area contributed by atoms with Gasteiger partial charge in [-0.15, -0.1) is 0 Å². The van der Waals surface area contributed by atoms with Crippen molar-refractivity contribution in [1.82, 2.24) is 5.32 Å². The lowest BCUT2D eigenvalue weighted by Gasteiger charge is -2.18. The average molecular weight is 190 g/mol. The maximum Gasteiger partial charge on any atom is 0.0112 e. The molecule has 2 heteroatoms. The molecule has 9 heavy (non-hydrogen) atoms. The third-order valence-electron chi connectivity index (χ3n) is 1.73. The van der Waals surface area contributed by atoms with Gasteiger partial charge in [0.15, 0.2) is 0 Å². The zero-order chi connectivity index (χ0) is 6.69. The Labute approximate surface area is 64.7 Å². The van der Waals surface area contributed by atoms with Gasteiger partial charge in [-0.05, 0) is 30.8 Å². The van der Waals surface area contributed by atoms with Crippen LogP contribution in [0.1, 0.15) is 19.3 Å². The Morgan fingerprint density at radius 1 is 1.78 bits per heavy atom. The summed E-state index contributed by atoms with van der Waals surface area (Å²) in [5, 5.41) is 3.26. The largest absolute Gasteiger partial charge is 0.317 e. The number of hydrogen-bond acceptors (Lipinski definition) is 1. The van der Waals surface area contributed by atoms with E-state index in [4.69, 9.17) is 0 Å². The highest BCUT2D eigenvalue weighted by Crippen LogP contribution is 2.21. The molecule has 1 atom stereocenters. The van der Waals surface area contributed by atoms with Crippen LogP contribution in [0.5, 0.6) is 0 Å². The van der Waals surface area contributed by atoms with Crippen molar-refractivity contribution in [3.63, 3.8) is 0 Å². The van der Waals surface area contributed by atoms with Crippen LogP contribution >= 0.6 is 15.9 Å². The molecule has 1 rings (SSSR count). The highest BCUT2D eigenvalue weighted by molar-refractivity contribution is 9.11. The van der Waals surface area contributed by atoms with E-state index in [1.165, 1.54) is 17.3 Å². The van der Waals surface area contributed by atoms with Gasteiger partial charge >= 0.3 is 0 Å². The molecule has 0 fully saturated rings. The topological polar surface area (TPSA) is 12.0 Å². The van der Waals surface area contributed by atoms with Crippen molar-refractivity contribution in [2.24, 2.45) is 0 Å². The van der Waals surface area contributed by atoms with E-state index in [2.05, 4.69) is 27.3 Å². The summed E-state index contributed by atoms with van der Waals surface area (Å²) in [6.45, 7) is 0. The molecule has 1 aliphatic carbocycles. The minimum atomic E-state index is 0.698. The first-order valence-corrected chi connectivity index (χ1v) is 4.14. The lowest BCUT2D eigenvalue weighted by atomic mass is 10.0. The van der Waals surface area contributed by atoms with Crippen LogP contribution < -0.4 is 5.32 Å². The van der Waals surface area contributed by atoms with E-state index in [-0.39, 0.29) is 0 Å². The zero-order valence-corrected chi connectivity index (χ0v) is 7.24. The molecule has 0 radical (unpaired) electrons. The second kappa shape index (κ2) is 3.37. The molecule has 0 bridgehead atoms. The zero-order valence-electron chi connectivity index (χ0n) is 5.65. The van der Waals surface area contributed by atoms with Crippen molar-refractivity contribution in [3.05, 3.63) is 10.6 Å². The van der Waals surface area contributed by atoms with E-state index in [0.717, 1.165) is 6.42 Å². The van der Waals surface area contributed by atoms with Crippen LogP contribution in [-0.4, -0.2) is 13.1 Å². The maximum absolute atomic E-state index is 3.49. The highest BCUT2D eigenvalue weighted by atomic mass is 79.9. The highest BCUT2D eigenvalue weighted by Gasteiger charge is 2.10. The van der Waals surface area contributed by atoms with Gasteiger partial charge in [-0.3, -0.25) is 0 Å². The Morgan fingerprint density at radius 2 is 2.56 bits per heavy atom. The van der Waals surface area contributed by atoms with Gasteiger partial charge in [0.05, 0.1) is 0 Å². The molecule has 1 N–H and O–H groups in total. The van der Waals surface area contributed by atoms with Crippen LogP contribution in [-0.2, 0) is 0 Å². The SMILES string of the molecule is CNC1CCC=C(Br)C1. The fourth-order valence-corrected chi connectivity index (χ4v) is 1.73. The van der Waals surface area contributed by atoms with Gasteiger partial charge in [0.1, 0.15) is 0 Å². The Hall–Kier alpha value is 0.180. The van der Waals surface area contributed by atoms with Crippen LogP contribution in [0.2, 0.25) is 0 Å². The quantitative estimate of drug-likeness (QED) is 0.667. The molecular weight excluding hydrogens is 178 g/mol. The van der Waals surface area contributed by atoms with E-state index in [1.807, 2.05) is 7.05 Å². The average Bonchev–Trinajstić information content (AvgIpc) is 1.88. The molecule has 0 aliphatic heterocycles. The standard InChI is InChI=1S/C7H12BrN/c1-9-7-4-2-3-6(8)5-7/h3,7,9H,2,4-5H2,1H3. The maximum atomic E-state index is 3.49. The van der Waals surface area contributed by atoms with E-state index in [1.54, 1.807) is 0 Å². The molecule has 1 unspecified atom stereocenters. The molecule has 0 saturated carbocycles. The predicted octanol–water partition coefficient (Wildman–Crippen LogP) is 2.04. The molecule has 0 amide bonds. The Bertz CT molecular complexity index is 120. The number of rotatable bonds is 1. The second-order valence-electron chi connectivity index (χ2n) is 2.42. The summed E-state index contributed by atoms with van der Waals surface area (Å²) < 4.78 is 1.35. The first kappa shape index (κ1) is 7.29. The summed E-state index contributed by atoms with van der Waals surface area (Å²) in [6, 6.07) is 0.698. The van der Waals surface area contributed by atoms with Gasteiger partial charge in [0, 0.05) is 6.04 Å². The monoisotopic (exact) mass is 189 g/mol. The summed E-state index contributed by atoms with van der Waals surface area (Å²) in [4.78, 5) is 0. The molecule has 0 saturated heterocycles. The summed E-state index contributed by atoms with van der Waals surface area (Å²) in [6.07, 6.45) is 5.92. The van der Waals surface area contributed by atoms with Crippen molar-refractivity contribution in [2.75, 3.05) is 7.05 Å². The Kier molecular flexibility index (Phi) is 2.73. The molecular formula is C7H12BrN. The van der Waals surface area contributed by atoms with E-state index < -0.39 is 0 Å². The summed E-state index contributed by atoms with van der Waals surface area (Å²) in [5.74, 6) is 0. The van der Waals surface area contributed by atoms with Gasteiger partial charge in [0.25, 0.3) is 0 Å². The molecule has 0 heterocycles. The van der Waals surface area contributed by atoms with Crippen LogP contribution in [0.15, 0.2) is 10.6 Å². The van der Waals surface area contributed by atoms with Crippen molar-refractivity contribution in [2.45, 2.75) is 25.3 Å². The molecule has 0 aromatic rings. The molecule has 0 spiro atoms. The van der Waals surface area contributed by atoms with Crippen molar-refractivity contribution in [1.29, 1.82) is 0 Å². The van der Waals surface area contributed by atoms with E-state index in [9.17, 15) is 0 Å². The van der Waals surface area contributed by atoms with Gasteiger partial charge in [-0.25, -0.2) is 0 Å². The smallest absolute Gasteiger partial charge is 0.0112 e. The number of hydrogen-bond donors (Lipinski definition) is 1. The van der Waals surface area contributed by atoms with Crippen LogP contribution in [0.3, 0.4) is 0 Å². The van der Waals surface area contributed by atoms with Crippen molar-refractivity contribution >= 4 is 15.9 Å². The Morgan fingerprint density at radius 3 is 3.00 bits per heavy atom. The first-order chi connectivity index (χ1) is 4.33. The predicted molar refractivity (Wildman–Crippen MR) is 43.7 cm³/mol. The normalized spacial score (nSPS) is 27.8. The number of halogens is 1. The van der Waals surface area contributed by atoms with Crippen LogP contribution in [0, 0.1) is 0 Å². The van der Waals surface area contributed by atoms with Gasteiger partial charge in [0.2, 0.25) is 0 Å². The van der Waals surface area contributed by atoms with Gasteiger partial charge < -0.3 is 5.32 Å². The van der Waals surface area contributed by atoms with Crippen LogP contribution in [0.4, 0.5) is 0 Å². The third kappa shape index (κ3) is 2.11.